The number of phenols is 1. The number of rotatable bonds is 18. The molecule has 0 aliphatic heterocycles. The monoisotopic (exact) mass is 890 g/mol. The number of nitrogens with zero attached hydrogens (tertiary/aromatic N) is 2. The molecule has 0 atom stereocenters. The molecule has 1 aromatic heterocycles. The number of anilines is 2. The van der Waals surface area contributed by atoms with Crippen molar-refractivity contribution in [2.75, 3.05) is 29.6 Å². The average molecular weight is 891 g/mol. The minimum absolute atomic E-state index is 0.0788. The maximum Gasteiger partial charge on any atom is 0.269 e. The Morgan fingerprint density at radius 1 is 0.742 bits per heavy atom. The maximum atomic E-state index is 13.5. The number of thioether (sulfide) groups is 1. The second-order valence-electron chi connectivity index (χ2n) is 17.3. The molecule has 0 unspecified atom stereocenters. The Labute approximate surface area is 376 Å². The molecule has 0 aliphatic carbocycles. The van der Waals surface area contributed by atoms with Gasteiger partial charge in [-0.05, 0) is 95.5 Å². The van der Waals surface area contributed by atoms with E-state index in [1.54, 1.807) is 60.7 Å². The van der Waals surface area contributed by atoms with Crippen molar-refractivity contribution < 1.29 is 24.2 Å². The minimum Gasteiger partial charge on any atom is -0.506 e. The van der Waals surface area contributed by atoms with Gasteiger partial charge in [0, 0.05) is 28.1 Å². The smallest absolute Gasteiger partial charge is 0.269 e. The van der Waals surface area contributed by atoms with Crippen LogP contribution in [0.2, 0.25) is 0 Å². The molecule has 0 saturated heterocycles. The SMILES string of the molecule is CC(C)(C)Cc1ccc(OCCCCNC(=O)c2cc(Sc3nnc(SCC(=O)Nc4cccc(NNC(=O)c5ccccc5)c4)s3)c3ccccc3c2O)c(CC(C)(C)C)c1. The Morgan fingerprint density at radius 3 is 2.21 bits per heavy atom. The van der Waals surface area contributed by atoms with Gasteiger partial charge in [-0.15, -0.1) is 10.2 Å². The first-order chi connectivity index (χ1) is 29.6. The summed E-state index contributed by atoms with van der Waals surface area (Å²) in [4.78, 5) is 39.5. The van der Waals surface area contributed by atoms with Crippen LogP contribution in [0.25, 0.3) is 10.8 Å². The summed E-state index contributed by atoms with van der Waals surface area (Å²) in [6, 6.07) is 31.5. The number of nitrogens with one attached hydrogen (secondary N) is 4. The van der Waals surface area contributed by atoms with E-state index < -0.39 is 0 Å². The molecule has 62 heavy (non-hydrogen) atoms. The van der Waals surface area contributed by atoms with Crippen molar-refractivity contribution in [1.29, 1.82) is 0 Å². The van der Waals surface area contributed by atoms with Gasteiger partial charge in [0.05, 0.1) is 23.6 Å². The summed E-state index contributed by atoms with van der Waals surface area (Å²) in [5, 5.41) is 27.1. The summed E-state index contributed by atoms with van der Waals surface area (Å²) in [6.45, 7) is 14.4. The zero-order chi connectivity index (χ0) is 44.3. The number of hydrogen-bond donors (Lipinski definition) is 5. The van der Waals surface area contributed by atoms with Crippen molar-refractivity contribution in [2.24, 2.45) is 10.8 Å². The molecular weight excluding hydrogens is 837 g/mol. The first kappa shape index (κ1) is 45.9. The third-order valence-corrected chi connectivity index (χ3v) is 12.5. The van der Waals surface area contributed by atoms with Crippen LogP contribution in [0.5, 0.6) is 11.5 Å². The largest absolute Gasteiger partial charge is 0.506 e. The molecule has 0 spiro atoms. The predicted octanol–water partition coefficient (Wildman–Crippen LogP) is 10.8. The number of benzene rings is 5. The van der Waals surface area contributed by atoms with E-state index in [2.05, 4.69) is 91.4 Å². The number of carbonyl (C=O) groups is 3. The number of carbonyl (C=O) groups excluding carboxylic acids is 3. The van der Waals surface area contributed by atoms with Crippen LogP contribution in [0.3, 0.4) is 0 Å². The Hall–Kier alpha value is -5.57. The Morgan fingerprint density at radius 2 is 1.45 bits per heavy atom. The normalized spacial score (nSPS) is 11.6. The Bertz CT molecular complexity index is 2500. The van der Waals surface area contributed by atoms with Crippen molar-refractivity contribution in [3.05, 3.63) is 125 Å². The fraction of sp³-hybridized carbons (Fsp3) is 0.312. The number of unbranched alkanes of at least 4 members (excludes halogenated alkanes) is 1. The van der Waals surface area contributed by atoms with Gasteiger partial charge < -0.3 is 20.5 Å². The van der Waals surface area contributed by atoms with E-state index in [1.807, 2.05) is 24.3 Å². The molecule has 1 heterocycles. The second kappa shape index (κ2) is 21.0. The van der Waals surface area contributed by atoms with Crippen molar-refractivity contribution in [1.82, 2.24) is 20.9 Å². The van der Waals surface area contributed by atoms with E-state index in [9.17, 15) is 19.5 Å². The van der Waals surface area contributed by atoms with Crippen LogP contribution in [-0.4, -0.2) is 51.9 Å². The van der Waals surface area contributed by atoms with E-state index >= 15 is 0 Å². The third kappa shape index (κ3) is 13.7. The highest BCUT2D eigenvalue weighted by atomic mass is 32.2. The van der Waals surface area contributed by atoms with E-state index in [-0.39, 0.29) is 45.6 Å². The van der Waals surface area contributed by atoms with Crippen LogP contribution in [-0.2, 0) is 17.6 Å². The van der Waals surface area contributed by atoms with Crippen LogP contribution < -0.4 is 26.2 Å². The lowest BCUT2D eigenvalue weighted by molar-refractivity contribution is -0.113. The van der Waals surface area contributed by atoms with Crippen LogP contribution in [0, 0.1) is 10.8 Å². The standard InChI is InChI=1S/C48H54N6O5S3/c1-47(2,3)28-31-21-22-39(33(25-31)29-48(4,5)6)59-24-13-12-23-49-44(58)38-27-40(36-19-10-11-20-37(36)42(38)56)61-46-54-53-45(62-46)60-30-41(55)50-34-17-14-18-35(26-34)51-52-43(57)32-15-8-7-9-16-32/h7-11,14-22,25-27,51,56H,12-13,23-24,28-30H2,1-6H3,(H,49,58)(H,50,55)(H,52,57). The predicted molar refractivity (Wildman–Crippen MR) is 253 cm³/mol. The molecule has 324 valence electrons. The number of fused-ring (bicyclic) bond motifs is 1. The molecule has 5 aromatic carbocycles. The van der Waals surface area contributed by atoms with Crippen LogP contribution in [0.1, 0.15) is 86.2 Å². The summed E-state index contributed by atoms with van der Waals surface area (Å²) in [5.74, 6) is 0.0606. The molecular formula is C48H54N6O5S3. The van der Waals surface area contributed by atoms with Crippen LogP contribution in [0.15, 0.2) is 117 Å². The summed E-state index contributed by atoms with van der Waals surface area (Å²) < 4.78 is 7.51. The van der Waals surface area contributed by atoms with E-state index in [4.69, 9.17) is 4.74 Å². The van der Waals surface area contributed by atoms with Crippen LogP contribution in [0.4, 0.5) is 11.4 Å². The molecule has 0 saturated carbocycles. The Kier molecular flexibility index (Phi) is 15.6. The van der Waals surface area contributed by atoms with Gasteiger partial charge in [-0.1, -0.05) is 137 Å². The lowest BCUT2D eigenvalue weighted by atomic mass is 9.84. The molecule has 3 amide bonds. The van der Waals surface area contributed by atoms with Gasteiger partial charge in [-0.25, -0.2) is 0 Å². The van der Waals surface area contributed by atoms with Crippen molar-refractivity contribution >= 4 is 74.7 Å². The molecule has 14 heteroatoms. The lowest BCUT2D eigenvalue weighted by Gasteiger charge is -2.23. The number of phenolic OH excluding ortho intramolecular Hbond substituents is 1. The van der Waals surface area contributed by atoms with E-state index in [0.717, 1.165) is 35.3 Å². The van der Waals surface area contributed by atoms with Gasteiger partial charge >= 0.3 is 0 Å². The van der Waals surface area contributed by atoms with Crippen molar-refractivity contribution in [2.45, 2.75) is 80.8 Å². The van der Waals surface area contributed by atoms with Crippen molar-refractivity contribution in [3.8, 4) is 11.5 Å². The molecule has 6 rings (SSSR count). The topological polar surface area (TPSA) is 155 Å². The van der Waals surface area contributed by atoms with E-state index in [1.165, 1.54) is 46.0 Å². The molecule has 11 nitrogen and oxygen atoms in total. The number of amides is 3. The summed E-state index contributed by atoms with van der Waals surface area (Å²) >= 11 is 3.95. The highest BCUT2D eigenvalue weighted by molar-refractivity contribution is 8.03. The molecule has 0 aliphatic rings. The van der Waals surface area contributed by atoms with Gasteiger partial charge in [0.15, 0.2) is 8.68 Å². The van der Waals surface area contributed by atoms with Gasteiger partial charge in [-0.2, -0.15) is 0 Å². The van der Waals surface area contributed by atoms with Gasteiger partial charge in [-0.3, -0.25) is 25.2 Å². The van der Waals surface area contributed by atoms with Crippen LogP contribution >= 0.6 is 34.9 Å². The van der Waals surface area contributed by atoms with E-state index in [0.29, 0.717) is 50.6 Å². The minimum atomic E-state index is -0.365. The molecule has 0 fully saturated rings. The summed E-state index contributed by atoms with van der Waals surface area (Å²) in [6.07, 6.45) is 3.38. The Balaban J connectivity index is 0.999. The molecule has 0 radical (unpaired) electrons. The second-order valence-corrected chi connectivity index (χ2v) is 20.8. The number of aromatic nitrogens is 2. The quantitative estimate of drug-likeness (QED) is 0.0320. The molecule has 0 bridgehead atoms. The van der Waals surface area contributed by atoms with Gasteiger partial charge in [0.2, 0.25) is 5.91 Å². The van der Waals surface area contributed by atoms with Gasteiger partial charge in [0.1, 0.15) is 11.5 Å². The van der Waals surface area contributed by atoms with Gasteiger partial charge in [0.25, 0.3) is 11.8 Å². The third-order valence-electron chi connectivity index (χ3n) is 9.33. The summed E-state index contributed by atoms with van der Waals surface area (Å²) in [5.41, 5.74) is 10.3. The average Bonchev–Trinajstić information content (AvgIpc) is 3.68. The first-order valence-electron chi connectivity index (χ1n) is 20.5. The number of aromatic hydroxyl groups is 1. The summed E-state index contributed by atoms with van der Waals surface area (Å²) in [7, 11) is 0. The number of hydrazine groups is 1. The molecule has 5 N–H and O–H groups in total. The fourth-order valence-electron chi connectivity index (χ4n) is 6.68. The fourth-order valence-corrected chi connectivity index (χ4v) is 9.63. The first-order valence-corrected chi connectivity index (χ1v) is 23.1. The zero-order valence-corrected chi connectivity index (χ0v) is 38.4. The molecule has 6 aromatic rings. The highest BCUT2D eigenvalue weighted by Crippen LogP contribution is 2.41. The lowest BCUT2D eigenvalue weighted by Crippen LogP contribution is -2.29. The zero-order valence-electron chi connectivity index (χ0n) is 36.0. The highest BCUT2D eigenvalue weighted by Gasteiger charge is 2.21. The number of hydrogen-bond acceptors (Lipinski definition) is 11. The number of ether oxygens (including phenoxy) is 1. The van der Waals surface area contributed by atoms with Crippen molar-refractivity contribution in [3.63, 3.8) is 0 Å². The maximum absolute atomic E-state index is 13.5.